The van der Waals surface area contributed by atoms with Crippen LogP contribution < -0.4 is 0 Å². The predicted octanol–water partition coefficient (Wildman–Crippen LogP) is 4.42. The van der Waals surface area contributed by atoms with E-state index in [1.807, 2.05) is 24.8 Å². The van der Waals surface area contributed by atoms with E-state index in [1.54, 1.807) is 6.07 Å². The lowest BCUT2D eigenvalue weighted by Crippen LogP contribution is -2.50. The van der Waals surface area contributed by atoms with Crippen molar-refractivity contribution in [2.24, 2.45) is 17.8 Å². The highest BCUT2D eigenvalue weighted by Gasteiger charge is 2.44. The number of carbonyl (C=O) groups excluding carboxylic acids is 2. The van der Waals surface area contributed by atoms with Crippen molar-refractivity contribution in [1.29, 1.82) is 0 Å². The number of aryl methyl sites for hydroxylation is 2. The lowest BCUT2D eigenvalue weighted by molar-refractivity contribution is -0.115. The van der Waals surface area contributed by atoms with Crippen molar-refractivity contribution < 1.29 is 14.0 Å². The highest BCUT2D eigenvalue weighted by molar-refractivity contribution is 5.96. The monoisotopic (exact) mass is 561 g/mol. The molecule has 3 atom stereocenters. The Morgan fingerprint density at radius 2 is 1.71 bits per heavy atom. The van der Waals surface area contributed by atoms with Crippen LogP contribution in [0.4, 0.5) is 4.39 Å². The Balaban J connectivity index is 1.09. The van der Waals surface area contributed by atoms with Crippen LogP contribution in [0.5, 0.6) is 0 Å². The molecule has 1 aromatic carbocycles. The lowest BCUT2D eigenvalue weighted by Gasteiger charge is -2.45. The third-order valence-corrected chi connectivity index (χ3v) is 10.8. The minimum Gasteiger partial charge on any atom is -0.338 e. The summed E-state index contributed by atoms with van der Waals surface area (Å²) in [7, 11) is 0. The molecule has 41 heavy (non-hydrogen) atoms. The molecule has 6 rings (SSSR count). The van der Waals surface area contributed by atoms with E-state index in [-0.39, 0.29) is 23.2 Å². The van der Waals surface area contributed by atoms with Crippen molar-refractivity contribution in [1.82, 2.24) is 24.7 Å². The van der Waals surface area contributed by atoms with Gasteiger partial charge in [-0.05, 0) is 106 Å². The minimum absolute atomic E-state index is 0.0293. The number of piperidine rings is 1. The van der Waals surface area contributed by atoms with E-state index in [4.69, 9.17) is 0 Å². The van der Waals surface area contributed by atoms with Crippen LogP contribution in [0.1, 0.15) is 72.3 Å². The second-order valence-electron chi connectivity index (χ2n) is 13.2. The molecule has 0 bridgehead atoms. The molecule has 1 aliphatic carbocycles. The van der Waals surface area contributed by atoms with Gasteiger partial charge in [0.05, 0.1) is 23.0 Å². The van der Waals surface area contributed by atoms with Gasteiger partial charge in [-0.1, -0.05) is 25.0 Å². The molecule has 0 N–H and O–H groups in total. The molecular formula is C33H44FN5O2. The first-order valence-corrected chi connectivity index (χ1v) is 15.6. The topological polar surface area (TPSA) is 69.6 Å². The van der Waals surface area contributed by atoms with Gasteiger partial charge >= 0.3 is 0 Å². The number of rotatable bonds is 8. The predicted molar refractivity (Wildman–Crippen MR) is 156 cm³/mol. The largest absolute Gasteiger partial charge is 0.338 e. The molecule has 4 aliphatic rings. The van der Waals surface area contributed by atoms with Crippen LogP contribution in [-0.2, 0) is 10.2 Å². The number of benzene rings is 1. The molecule has 0 spiro atoms. The zero-order valence-electron chi connectivity index (χ0n) is 24.6. The molecule has 220 valence electrons. The molecule has 4 fully saturated rings. The SMILES string of the molecule is Cc1ncnc(C)c1C(=O)N1CC2CN(CCC3(c4cccc(F)c4)CCN(C(C=O)C4CCCC4)CC3)CC2C1. The van der Waals surface area contributed by atoms with Crippen LogP contribution in [-0.4, -0.2) is 88.7 Å². The number of fused-ring (bicyclic) bond motifs is 1. The fraction of sp³-hybridized carbons (Fsp3) is 0.636. The molecule has 3 aliphatic heterocycles. The second-order valence-corrected chi connectivity index (χ2v) is 13.2. The zero-order chi connectivity index (χ0) is 28.6. The van der Waals surface area contributed by atoms with E-state index in [0.717, 1.165) is 94.9 Å². The van der Waals surface area contributed by atoms with Gasteiger partial charge in [0.25, 0.3) is 5.91 Å². The molecule has 3 saturated heterocycles. The molecule has 3 unspecified atom stereocenters. The van der Waals surface area contributed by atoms with Gasteiger partial charge in [0.15, 0.2) is 0 Å². The number of aromatic nitrogens is 2. The minimum atomic E-state index is -0.171. The summed E-state index contributed by atoms with van der Waals surface area (Å²) < 4.78 is 14.4. The molecule has 0 radical (unpaired) electrons. The summed E-state index contributed by atoms with van der Waals surface area (Å²) in [5, 5.41) is 0. The third kappa shape index (κ3) is 5.70. The molecule has 4 heterocycles. The third-order valence-electron chi connectivity index (χ3n) is 10.8. The van der Waals surface area contributed by atoms with Crippen LogP contribution >= 0.6 is 0 Å². The van der Waals surface area contributed by atoms with Gasteiger partial charge in [0, 0.05) is 26.2 Å². The quantitative estimate of drug-likeness (QED) is 0.445. The van der Waals surface area contributed by atoms with Crippen molar-refractivity contribution >= 4 is 12.2 Å². The second kappa shape index (κ2) is 11.9. The fourth-order valence-corrected chi connectivity index (χ4v) is 8.42. The number of aldehydes is 1. The standard InChI is InChI=1S/C33H44FN5O2/c1-23-31(24(2)36-22-35-23)32(41)39-19-26-17-37(18-27(26)20-39)13-10-33(28-8-5-9-29(34)16-28)11-14-38(15-12-33)30(21-40)25-6-3-4-7-25/h5,8-9,16,21-22,25-27,30H,3-4,6-7,10-15,17-20H2,1-2H3. The first-order chi connectivity index (χ1) is 19.9. The summed E-state index contributed by atoms with van der Waals surface area (Å²) in [6.45, 7) is 10.1. The van der Waals surface area contributed by atoms with E-state index in [2.05, 4.69) is 25.8 Å². The van der Waals surface area contributed by atoms with Gasteiger partial charge in [-0.3, -0.25) is 9.69 Å². The van der Waals surface area contributed by atoms with E-state index in [1.165, 1.54) is 31.5 Å². The van der Waals surface area contributed by atoms with Crippen molar-refractivity contribution in [2.45, 2.75) is 70.3 Å². The van der Waals surface area contributed by atoms with E-state index in [9.17, 15) is 14.0 Å². The summed E-state index contributed by atoms with van der Waals surface area (Å²) >= 11 is 0. The van der Waals surface area contributed by atoms with Crippen LogP contribution in [0.2, 0.25) is 0 Å². The van der Waals surface area contributed by atoms with Crippen molar-refractivity contribution in [2.75, 3.05) is 45.8 Å². The van der Waals surface area contributed by atoms with Gasteiger partial charge in [-0.2, -0.15) is 0 Å². The maximum Gasteiger partial charge on any atom is 0.257 e. The van der Waals surface area contributed by atoms with Crippen molar-refractivity contribution in [3.05, 3.63) is 58.9 Å². The maximum atomic E-state index is 14.4. The summed E-state index contributed by atoms with van der Waals surface area (Å²) in [5.41, 5.74) is 3.17. The number of hydrogen-bond donors (Lipinski definition) is 0. The smallest absolute Gasteiger partial charge is 0.257 e. The summed E-state index contributed by atoms with van der Waals surface area (Å²) in [6, 6.07) is 7.25. The first-order valence-electron chi connectivity index (χ1n) is 15.6. The van der Waals surface area contributed by atoms with Gasteiger partial charge in [0.2, 0.25) is 0 Å². The highest BCUT2D eigenvalue weighted by Crippen LogP contribution is 2.42. The Hall–Kier alpha value is -2.71. The summed E-state index contributed by atoms with van der Waals surface area (Å²) in [5.74, 6) is 1.35. The average molecular weight is 562 g/mol. The van der Waals surface area contributed by atoms with Crippen molar-refractivity contribution in [3.8, 4) is 0 Å². The summed E-state index contributed by atoms with van der Waals surface area (Å²) in [6.07, 6.45) is 10.4. The molecular weight excluding hydrogens is 517 g/mol. The summed E-state index contributed by atoms with van der Waals surface area (Å²) in [4.78, 5) is 40.9. The van der Waals surface area contributed by atoms with E-state index >= 15 is 0 Å². The lowest BCUT2D eigenvalue weighted by atomic mass is 9.70. The highest BCUT2D eigenvalue weighted by atomic mass is 19.1. The molecule has 1 aromatic heterocycles. The Morgan fingerprint density at radius 1 is 1.05 bits per heavy atom. The van der Waals surface area contributed by atoms with Gasteiger partial charge in [-0.25, -0.2) is 14.4 Å². The number of likely N-dealkylation sites (tertiary alicyclic amines) is 3. The Labute approximate surface area is 243 Å². The van der Waals surface area contributed by atoms with Crippen LogP contribution in [0.25, 0.3) is 0 Å². The van der Waals surface area contributed by atoms with Crippen LogP contribution in [0, 0.1) is 37.4 Å². The number of hydrogen-bond acceptors (Lipinski definition) is 6. The molecule has 1 saturated carbocycles. The van der Waals surface area contributed by atoms with Gasteiger partial charge in [0.1, 0.15) is 18.4 Å². The van der Waals surface area contributed by atoms with Gasteiger partial charge < -0.3 is 14.6 Å². The van der Waals surface area contributed by atoms with E-state index < -0.39 is 0 Å². The molecule has 2 aromatic rings. The molecule has 7 nitrogen and oxygen atoms in total. The average Bonchev–Trinajstić information content (AvgIpc) is 3.71. The number of carbonyl (C=O) groups is 2. The molecule has 1 amide bonds. The van der Waals surface area contributed by atoms with Crippen molar-refractivity contribution in [3.63, 3.8) is 0 Å². The van der Waals surface area contributed by atoms with Crippen LogP contribution in [0.15, 0.2) is 30.6 Å². The zero-order valence-corrected chi connectivity index (χ0v) is 24.6. The van der Waals surface area contributed by atoms with E-state index in [0.29, 0.717) is 23.3 Å². The van der Waals surface area contributed by atoms with Crippen LogP contribution in [0.3, 0.4) is 0 Å². The molecule has 8 heteroatoms. The van der Waals surface area contributed by atoms with Gasteiger partial charge in [-0.15, -0.1) is 0 Å². The Bertz CT molecular complexity index is 1220. The Morgan fingerprint density at radius 3 is 2.32 bits per heavy atom. The number of nitrogens with zero attached hydrogens (tertiary/aromatic N) is 5. The first kappa shape index (κ1) is 28.4. The number of halogens is 1. The Kier molecular flexibility index (Phi) is 8.23. The normalized spacial score (nSPS) is 25.9. The fourth-order valence-electron chi connectivity index (χ4n) is 8.42. The number of amides is 1. The maximum absolute atomic E-state index is 14.4.